The highest BCUT2D eigenvalue weighted by molar-refractivity contribution is 7.17. The number of thiazole rings is 1. The number of carbonyl (C=O) groups is 2. The van der Waals surface area contributed by atoms with Crippen LogP contribution in [-0.2, 0) is 9.53 Å². The highest BCUT2D eigenvalue weighted by atomic mass is 32.1. The van der Waals surface area contributed by atoms with Crippen LogP contribution in [0.5, 0.6) is 0 Å². The Morgan fingerprint density at radius 3 is 2.75 bits per heavy atom. The minimum Gasteiger partial charge on any atom is -0.483 e. The molecule has 4 rings (SSSR count). The van der Waals surface area contributed by atoms with E-state index in [1.54, 1.807) is 0 Å². The second-order valence-electron chi connectivity index (χ2n) is 6.82. The zero-order valence-electron chi connectivity index (χ0n) is 15.6. The second-order valence-corrected chi connectivity index (χ2v) is 7.85. The number of rotatable bonds is 3. The zero-order chi connectivity index (χ0) is 20.1. The molecule has 2 aliphatic rings. The molecule has 150 valence electrons. The third-order valence-electron chi connectivity index (χ3n) is 4.94. The van der Waals surface area contributed by atoms with E-state index in [0.29, 0.717) is 28.4 Å². The molecule has 0 spiro atoms. The van der Waals surface area contributed by atoms with Crippen LogP contribution in [0.2, 0.25) is 0 Å². The molecule has 3 atom stereocenters. The van der Waals surface area contributed by atoms with E-state index in [-0.39, 0.29) is 24.5 Å². The van der Waals surface area contributed by atoms with Crippen molar-refractivity contribution in [3.8, 4) is 0 Å². The number of morpholine rings is 1. The number of hydrogen-bond donors (Lipinski definition) is 3. The van der Waals surface area contributed by atoms with E-state index in [0.717, 1.165) is 19.5 Å². The molecule has 0 unspecified atom stereocenters. The number of hydrogen-bond acceptors (Lipinski definition) is 7. The van der Waals surface area contributed by atoms with Crippen molar-refractivity contribution >= 4 is 28.8 Å². The summed E-state index contributed by atoms with van der Waals surface area (Å²) in [4.78, 5) is 28.0. The predicted molar refractivity (Wildman–Crippen MR) is 106 cm³/mol. The smallest absolute Gasteiger partial charge is 0.290 e. The van der Waals surface area contributed by atoms with Crippen LogP contribution in [-0.4, -0.2) is 59.1 Å². The number of ether oxygens (including phenoxy) is 1. The van der Waals surface area contributed by atoms with E-state index >= 15 is 0 Å². The highest BCUT2D eigenvalue weighted by Crippen LogP contribution is 2.30. The summed E-state index contributed by atoms with van der Waals surface area (Å²) < 4.78 is 6.06. The summed E-state index contributed by atoms with van der Waals surface area (Å²) in [5, 5.41) is 10.5. The molecule has 8 nitrogen and oxygen atoms in total. The summed E-state index contributed by atoms with van der Waals surface area (Å²) in [5.74, 6) is -0.0722. The van der Waals surface area contributed by atoms with Crippen LogP contribution in [0.15, 0.2) is 30.3 Å². The van der Waals surface area contributed by atoms with Crippen molar-refractivity contribution in [2.75, 3.05) is 25.4 Å². The molecule has 28 heavy (non-hydrogen) atoms. The molecule has 2 saturated heterocycles. The van der Waals surface area contributed by atoms with Gasteiger partial charge in [0.05, 0.1) is 18.4 Å². The monoisotopic (exact) mass is 404 g/mol. The molecular formula is C19H24N4O4S. The SMILES string of the molecule is Cc1nc(N)sc1C(=O)N[C@@H]1C[C@H]2CO[C@@H](c3ccccc3)CN2C1.O=CO. The second kappa shape index (κ2) is 9.13. The summed E-state index contributed by atoms with van der Waals surface area (Å²) in [6.07, 6.45) is 1.02. The molecule has 0 aliphatic carbocycles. The lowest BCUT2D eigenvalue weighted by molar-refractivity contribution is -0.122. The maximum Gasteiger partial charge on any atom is 0.290 e. The number of nitrogens with zero attached hydrogens (tertiary/aromatic N) is 2. The lowest BCUT2D eigenvalue weighted by Crippen LogP contribution is -2.43. The van der Waals surface area contributed by atoms with Gasteiger partial charge in [0.2, 0.25) is 0 Å². The molecule has 2 aliphatic heterocycles. The average molecular weight is 404 g/mol. The van der Waals surface area contributed by atoms with Gasteiger partial charge in [0.25, 0.3) is 12.4 Å². The molecule has 1 aromatic heterocycles. The number of anilines is 1. The van der Waals surface area contributed by atoms with Gasteiger partial charge in [-0.25, -0.2) is 4.98 Å². The van der Waals surface area contributed by atoms with Crippen molar-refractivity contribution in [3.63, 3.8) is 0 Å². The van der Waals surface area contributed by atoms with Crippen molar-refractivity contribution in [1.82, 2.24) is 15.2 Å². The molecule has 1 aromatic carbocycles. The summed E-state index contributed by atoms with van der Waals surface area (Å²) in [7, 11) is 0. The first-order valence-electron chi connectivity index (χ1n) is 9.04. The number of aromatic nitrogens is 1. The molecule has 4 N–H and O–H groups in total. The molecule has 1 amide bonds. The quantitative estimate of drug-likeness (QED) is 0.666. The predicted octanol–water partition coefficient (Wildman–Crippen LogP) is 1.68. The van der Waals surface area contributed by atoms with Crippen LogP contribution in [0.1, 0.15) is 33.5 Å². The van der Waals surface area contributed by atoms with Gasteiger partial charge >= 0.3 is 0 Å². The molecule has 2 fully saturated rings. The summed E-state index contributed by atoms with van der Waals surface area (Å²) in [6, 6.07) is 10.8. The maximum atomic E-state index is 12.5. The largest absolute Gasteiger partial charge is 0.483 e. The number of carboxylic acid groups (broad SMARTS) is 1. The molecule has 9 heteroatoms. The fourth-order valence-electron chi connectivity index (χ4n) is 3.73. The first-order valence-corrected chi connectivity index (χ1v) is 9.85. The minimum absolute atomic E-state index is 0.0722. The first-order chi connectivity index (χ1) is 13.5. The number of nitrogens with one attached hydrogen (secondary N) is 1. The van der Waals surface area contributed by atoms with E-state index in [4.69, 9.17) is 20.4 Å². The fourth-order valence-corrected chi connectivity index (χ4v) is 4.46. The van der Waals surface area contributed by atoms with Crippen LogP contribution in [0.3, 0.4) is 0 Å². The van der Waals surface area contributed by atoms with Crippen LogP contribution in [0.25, 0.3) is 0 Å². The van der Waals surface area contributed by atoms with E-state index in [9.17, 15) is 4.79 Å². The van der Waals surface area contributed by atoms with Gasteiger partial charge in [0.1, 0.15) is 4.88 Å². The van der Waals surface area contributed by atoms with Crippen molar-refractivity contribution in [2.24, 2.45) is 0 Å². The Hall–Kier alpha value is -2.49. The van der Waals surface area contributed by atoms with Gasteiger partial charge in [-0.3, -0.25) is 14.5 Å². The number of aryl methyl sites for hydroxylation is 1. The van der Waals surface area contributed by atoms with Crippen LogP contribution < -0.4 is 11.1 Å². The van der Waals surface area contributed by atoms with E-state index in [1.165, 1.54) is 16.9 Å². The lowest BCUT2D eigenvalue weighted by Gasteiger charge is -2.35. The molecule has 2 aromatic rings. The Bertz CT molecular complexity index is 814. The number of nitrogen functional groups attached to an aromatic ring is 1. The number of nitrogens with two attached hydrogens (primary N) is 1. The Kier molecular flexibility index (Phi) is 6.61. The fraction of sp³-hybridized carbons (Fsp3) is 0.421. The van der Waals surface area contributed by atoms with Crippen molar-refractivity contribution in [2.45, 2.75) is 31.5 Å². The molecule has 0 bridgehead atoms. The number of benzene rings is 1. The van der Waals surface area contributed by atoms with Gasteiger partial charge in [-0.2, -0.15) is 0 Å². The Labute approximate surface area is 167 Å². The lowest BCUT2D eigenvalue weighted by atomic mass is 10.1. The van der Waals surface area contributed by atoms with Gasteiger partial charge < -0.3 is 20.9 Å². The molecule has 0 radical (unpaired) electrons. The molecular weight excluding hydrogens is 380 g/mol. The topological polar surface area (TPSA) is 118 Å². The number of carbonyl (C=O) groups excluding carboxylic acids is 1. The Balaban J connectivity index is 0.000000706. The normalized spacial score (nSPS) is 24.0. The highest BCUT2D eigenvalue weighted by Gasteiger charge is 2.38. The third-order valence-corrected chi connectivity index (χ3v) is 5.93. The average Bonchev–Trinajstić information content (AvgIpc) is 3.24. The van der Waals surface area contributed by atoms with Gasteiger partial charge in [-0.15, -0.1) is 0 Å². The number of fused-ring (bicyclic) bond motifs is 1. The third kappa shape index (κ3) is 4.67. The van der Waals surface area contributed by atoms with Crippen LogP contribution in [0, 0.1) is 6.92 Å². The van der Waals surface area contributed by atoms with Gasteiger partial charge in [-0.1, -0.05) is 41.7 Å². The van der Waals surface area contributed by atoms with Gasteiger partial charge in [-0.05, 0) is 18.9 Å². The van der Waals surface area contributed by atoms with Crippen molar-refractivity contribution < 1.29 is 19.4 Å². The summed E-state index contributed by atoms with van der Waals surface area (Å²) >= 11 is 1.25. The van der Waals surface area contributed by atoms with Crippen molar-refractivity contribution in [3.05, 3.63) is 46.5 Å². The zero-order valence-corrected chi connectivity index (χ0v) is 16.4. The molecule has 3 heterocycles. The first kappa shape index (κ1) is 20.2. The standard InChI is InChI=1S/C18H22N4O2S.CH2O2/c1-11-16(25-18(19)20-11)17(23)21-13-7-14-10-24-15(9-22(14)8-13)12-5-3-2-4-6-12;2-1-3/h2-6,13-15H,7-10H2,1H3,(H2,19,20)(H,21,23);1H,(H,2,3)/t13-,14+,15-;/m1./s1. The Morgan fingerprint density at radius 2 is 2.11 bits per heavy atom. The van der Waals surface area contributed by atoms with E-state index < -0.39 is 0 Å². The van der Waals surface area contributed by atoms with E-state index in [2.05, 4.69) is 27.3 Å². The van der Waals surface area contributed by atoms with Gasteiger partial charge in [0, 0.05) is 25.2 Å². The van der Waals surface area contributed by atoms with E-state index in [1.807, 2.05) is 25.1 Å². The Morgan fingerprint density at radius 1 is 1.39 bits per heavy atom. The summed E-state index contributed by atoms with van der Waals surface area (Å²) in [5.41, 5.74) is 7.60. The summed E-state index contributed by atoms with van der Waals surface area (Å²) in [6.45, 7) is 4.00. The molecule has 0 saturated carbocycles. The maximum absolute atomic E-state index is 12.5. The van der Waals surface area contributed by atoms with Crippen LogP contribution in [0.4, 0.5) is 5.13 Å². The van der Waals surface area contributed by atoms with Crippen LogP contribution >= 0.6 is 11.3 Å². The number of amides is 1. The van der Waals surface area contributed by atoms with Crippen molar-refractivity contribution in [1.29, 1.82) is 0 Å². The van der Waals surface area contributed by atoms with Gasteiger partial charge in [0.15, 0.2) is 5.13 Å². The minimum atomic E-state index is -0.250.